The molecule has 0 bridgehead atoms. The van der Waals surface area contributed by atoms with Crippen molar-refractivity contribution in [3.63, 3.8) is 0 Å². The smallest absolute Gasteiger partial charge is 1.00 e. The van der Waals surface area contributed by atoms with Crippen LogP contribution in [-0.2, 0) is 9.59 Å². The number of carboxylic acids is 2. The van der Waals surface area contributed by atoms with E-state index < -0.39 is 18.0 Å². The molecule has 0 aliphatic heterocycles. The molecule has 1 atom stereocenters. The summed E-state index contributed by atoms with van der Waals surface area (Å²) in [6.45, 7) is 1.43. The molecule has 0 aromatic carbocycles. The normalized spacial score (nSPS) is 9.50. The van der Waals surface area contributed by atoms with Crippen LogP contribution < -0.4 is 35.3 Å². The summed E-state index contributed by atoms with van der Waals surface area (Å²) in [5, 5.41) is 23.6. The van der Waals surface area contributed by atoms with Gasteiger partial charge in [0.1, 0.15) is 6.04 Å². The van der Waals surface area contributed by atoms with Gasteiger partial charge in [-0.3, -0.25) is 9.59 Å². The van der Waals surface area contributed by atoms with Crippen molar-refractivity contribution in [3.05, 3.63) is 0 Å². The Morgan fingerprint density at radius 2 is 1.93 bits per heavy atom. The van der Waals surface area contributed by atoms with E-state index in [0.717, 1.165) is 0 Å². The van der Waals surface area contributed by atoms with Crippen molar-refractivity contribution in [2.45, 2.75) is 25.8 Å². The van der Waals surface area contributed by atoms with Gasteiger partial charge in [-0.05, 0) is 6.42 Å². The maximum atomic E-state index is 9.99. The first-order valence-corrected chi connectivity index (χ1v) is 3.46. The summed E-state index contributed by atoms with van der Waals surface area (Å²) in [5.74, 6) is -2.20. The van der Waals surface area contributed by atoms with Gasteiger partial charge in [0.2, 0.25) is 0 Å². The molecule has 0 aliphatic rings. The van der Waals surface area contributed by atoms with Crippen LogP contribution >= 0.6 is 0 Å². The number of aliphatic carboxylic acids is 2. The van der Waals surface area contributed by atoms with E-state index in [1.165, 1.54) is 6.92 Å². The van der Waals surface area contributed by atoms with Gasteiger partial charge in [-0.25, -0.2) is 0 Å². The summed E-state index contributed by atoms with van der Waals surface area (Å²) in [6.07, 6.45) is -0.224. The van der Waals surface area contributed by atoms with E-state index in [0.29, 0.717) is 0 Å². The second-order valence-corrected chi connectivity index (χ2v) is 2.10. The standard InChI is InChI=1S/C5H9NO4.C2H3N.Na.H/c6-3(5(9)10)1-2-4(7)8;1-2-3;;/h3H,1-2,6H2,(H,7,8)(H,9,10);1H3;;/q;;+1;-1/t3-;;;/m0.../s1. The molecular formula is C7H13N2NaO4. The predicted molar refractivity (Wildman–Crippen MR) is 44.9 cm³/mol. The minimum Gasteiger partial charge on any atom is -1.00 e. The van der Waals surface area contributed by atoms with E-state index in [-0.39, 0.29) is 43.8 Å². The first kappa shape index (κ1) is 19.0. The van der Waals surface area contributed by atoms with Gasteiger partial charge in [-0.15, -0.1) is 0 Å². The molecule has 14 heavy (non-hydrogen) atoms. The van der Waals surface area contributed by atoms with Gasteiger partial charge in [0.15, 0.2) is 0 Å². The van der Waals surface area contributed by atoms with E-state index in [1.54, 1.807) is 6.07 Å². The molecule has 0 rings (SSSR count). The number of carbonyl (C=O) groups is 2. The third kappa shape index (κ3) is 17.5. The number of hydrogen-bond acceptors (Lipinski definition) is 4. The van der Waals surface area contributed by atoms with Crippen LogP contribution in [-0.4, -0.2) is 28.2 Å². The molecule has 0 saturated carbocycles. The quantitative estimate of drug-likeness (QED) is 0.424. The van der Waals surface area contributed by atoms with Crippen molar-refractivity contribution in [1.29, 1.82) is 5.26 Å². The predicted octanol–water partition coefficient (Wildman–Crippen LogP) is -3.09. The van der Waals surface area contributed by atoms with Crippen LogP contribution in [0.1, 0.15) is 21.2 Å². The molecule has 0 radical (unpaired) electrons. The number of hydrogen-bond donors (Lipinski definition) is 3. The summed E-state index contributed by atoms with van der Waals surface area (Å²) in [6, 6.07) is 0.691. The summed E-state index contributed by atoms with van der Waals surface area (Å²) in [4.78, 5) is 19.9. The van der Waals surface area contributed by atoms with Crippen molar-refractivity contribution in [1.82, 2.24) is 0 Å². The number of nitrogens with zero attached hydrogens (tertiary/aromatic N) is 1. The topological polar surface area (TPSA) is 124 Å². The Bertz CT molecular complexity index is 220. The summed E-state index contributed by atoms with van der Waals surface area (Å²) < 4.78 is 0. The van der Waals surface area contributed by atoms with Crippen molar-refractivity contribution in [2.75, 3.05) is 0 Å². The average Bonchev–Trinajstić information content (AvgIpc) is 2.01. The molecule has 0 saturated heterocycles. The van der Waals surface area contributed by atoms with Gasteiger partial charge in [0.05, 0.1) is 6.07 Å². The van der Waals surface area contributed by atoms with Crippen LogP contribution in [0.5, 0.6) is 0 Å². The Kier molecular flexibility index (Phi) is 16.9. The van der Waals surface area contributed by atoms with Gasteiger partial charge in [0.25, 0.3) is 0 Å². The van der Waals surface area contributed by atoms with Crippen LogP contribution in [0, 0.1) is 11.3 Å². The van der Waals surface area contributed by atoms with E-state index in [2.05, 4.69) is 0 Å². The van der Waals surface area contributed by atoms with Crippen LogP contribution in [0.25, 0.3) is 0 Å². The molecule has 0 fully saturated rings. The zero-order valence-electron chi connectivity index (χ0n) is 9.23. The van der Waals surface area contributed by atoms with E-state index >= 15 is 0 Å². The molecule has 0 aromatic heterocycles. The fourth-order valence-corrected chi connectivity index (χ4v) is 0.402. The van der Waals surface area contributed by atoms with Gasteiger partial charge >= 0.3 is 41.5 Å². The van der Waals surface area contributed by atoms with Crippen molar-refractivity contribution in [3.8, 4) is 6.07 Å². The zero-order chi connectivity index (χ0) is 10.9. The van der Waals surface area contributed by atoms with E-state index in [4.69, 9.17) is 21.2 Å². The maximum absolute atomic E-state index is 9.99. The average molecular weight is 212 g/mol. The van der Waals surface area contributed by atoms with E-state index in [1.807, 2.05) is 0 Å². The number of nitriles is 1. The van der Waals surface area contributed by atoms with E-state index in [9.17, 15) is 9.59 Å². The second kappa shape index (κ2) is 12.4. The fourth-order valence-electron chi connectivity index (χ4n) is 0.402. The minimum atomic E-state index is -1.17. The van der Waals surface area contributed by atoms with Crippen molar-refractivity contribution < 1.29 is 50.8 Å². The molecule has 6 nitrogen and oxygen atoms in total. The molecule has 0 aromatic rings. The minimum absolute atomic E-state index is 0. The first-order chi connectivity index (χ1) is 5.95. The Balaban J connectivity index is -0.000000108. The second-order valence-electron chi connectivity index (χ2n) is 2.10. The van der Waals surface area contributed by atoms with Crippen molar-refractivity contribution in [2.24, 2.45) is 5.73 Å². The molecule has 7 heteroatoms. The third-order valence-electron chi connectivity index (χ3n) is 0.986. The Hall–Kier alpha value is -0.610. The first-order valence-electron chi connectivity index (χ1n) is 3.46. The SMILES string of the molecule is CC#N.N[C@@H](CCC(=O)O)C(=O)O.[H-].[Na+]. The summed E-state index contributed by atoms with van der Waals surface area (Å²) >= 11 is 0. The third-order valence-corrected chi connectivity index (χ3v) is 0.986. The van der Waals surface area contributed by atoms with Gasteiger partial charge < -0.3 is 17.4 Å². The molecule has 0 unspecified atom stereocenters. The van der Waals surface area contributed by atoms with Gasteiger partial charge in [-0.2, -0.15) is 5.26 Å². The Morgan fingerprint density at radius 1 is 1.57 bits per heavy atom. The molecule has 0 heterocycles. The molecule has 4 N–H and O–H groups in total. The monoisotopic (exact) mass is 212 g/mol. The maximum Gasteiger partial charge on any atom is 1.00 e. The van der Waals surface area contributed by atoms with Crippen LogP contribution in [0.4, 0.5) is 0 Å². The van der Waals surface area contributed by atoms with Crippen LogP contribution in [0.15, 0.2) is 0 Å². The van der Waals surface area contributed by atoms with Gasteiger partial charge in [-0.1, -0.05) is 0 Å². The number of carboxylic acid groups (broad SMARTS) is 2. The Morgan fingerprint density at radius 3 is 2.14 bits per heavy atom. The van der Waals surface area contributed by atoms with Crippen LogP contribution in [0.2, 0.25) is 0 Å². The number of nitrogens with two attached hydrogens (primary N) is 1. The summed E-state index contributed by atoms with van der Waals surface area (Å²) in [5.41, 5.74) is 5.00. The fraction of sp³-hybridized carbons (Fsp3) is 0.571. The number of rotatable bonds is 4. The molecule has 76 valence electrons. The molecule has 0 aliphatic carbocycles. The molecule has 0 spiro atoms. The largest absolute Gasteiger partial charge is 1.00 e. The molecular weight excluding hydrogens is 199 g/mol. The van der Waals surface area contributed by atoms with Crippen molar-refractivity contribution >= 4 is 11.9 Å². The zero-order valence-corrected chi connectivity index (χ0v) is 10.2. The van der Waals surface area contributed by atoms with Gasteiger partial charge in [0, 0.05) is 13.3 Å². The molecule has 0 amide bonds. The Labute approximate surface area is 105 Å². The van der Waals surface area contributed by atoms with Crippen LogP contribution in [0.3, 0.4) is 0 Å². The summed E-state index contributed by atoms with van der Waals surface area (Å²) in [7, 11) is 0.